The van der Waals surface area contributed by atoms with Crippen molar-refractivity contribution in [3.8, 4) is 22.4 Å². The quantitative estimate of drug-likeness (QED) is 0.540. The average molecular weight is 384 g/mol. The Balaban J connectivity index is 2.31. The van der Waals surface area contributed by atoms with E-state index >= 15 is 0 Å². The second-order valence-corrected chi connectivity index (χ2v) is 6.60. The van der Waals surface area contributed by atoms with Gasteiger partial charge in [-0.1, -0.05) is 46.4 Å². The van der Waals surface area contributed by atoms with Crippen LogP contribution in [0.3, 0.4) is 0 Å². The minimum absolute atomic E-state index is 0.512. The molecule has 0 saturated carbocycles. The van der Waals surface area contributed by atoms with E-state index in [2.05, 4.69) is 4.98 Å². The van der Waals surface area contributed by atoms with E-state index in [0.717, 1.165) is 11.1 Å². The zero-order valence-corrected chi connectivity index (χ0v) is 14.7. The third-order valence-electron chi connectivity index (χ3n) is 3.31. The van der Waals surface area contributed by atoms with Gasteiger partial charge in [0.25, 0.3) is 0 Å². The van der Waals surface area contributed by atoms with Crippen LogP contribution in [0.15, 0.2) is 48.7 Å². The molecule has 0 bridgehead atoms. The minimum Gasteiger partial charge on any atom is -0.397 e. The first-order chi connectivity index (χ1) is 11.0. The highest BCUT2D eigenvalue weighted by molar-refractivity contribution is 6.36. The number of hydrogen-bond donors (Lipinski definition) is 1. The van der Waals surface area contributed by atoms with E-state index in [-0.39, 0.29) is 0 Å². The summed E-state index contributed by atoms with van der Waals surface area (Å²) in [4.78, 5) is 4.43. The SMILES string of the molecule is Nc1cnc(-c2cc(Cl)ccc2Cl)c(-c2cc(Cl)ccc2Cl)c1. The first kappa shape index (κ1) is 16.4. The van der Waals surface area contributed by atoms with Gasteiger partial charge in [-0.2, -0.15) is 0 Å². The Morgan fingerprint density at radius 1 is 0.696 bits per heavy atom. The molecule has 0 aliphatic rings. The first-order valence-corrected chi connectivity index (χ1v) is 8.13. The standard InChI is InChI=1S/C17H10Cl4N2/c18-9-1-3-15(20)12(5-9)13-7-11(22)8-23-17(13)14-6-10(19)2-4-16(14)21/h1-8H,22H2. The van der Waals surface area contributed by atoms with Crippen molar-refractivity contribution < 1.29 is 0 Å². The monoisotopic (exact) mass is 382 g/mol. The molecule has 3 rings (SSSR count). The van der Waals surface area contributed by atoms with Crippen LogP contribution in [0.2, 0.25) is 20.1 Å². The summed E-state index contributed by atoms with van der Waals surface area (Å²) in [5.74, 6) is 0. The summed E-state index contributed by atoms with van der Waals surface area (Å²) in [6, 6.07) is 12.2. The number of nitrogens with two attached hydrogens (primary N) is 1. The molecular formula is C17H10Cl4N2. The van der Waals surface area contributed by atoms with E-state index in [1.165, 1.54) is 0 Å². The lowest BCUT2D eigenvalue weighted by Gasteiger charge is -2.13. The maximum absolute atomic E-state index is 6.33. The lowest BCUT2D eigenvalue weighted by molar-refractivity contribution is 1.33. The maximum atomic E-state index is 6.33. The average Bonchev–Trinajstić information content (AvgIpc) is 2.52. The summed E-state index contributed by atoms with van der Waals surface area (Å²) in [5.41, 5.74) is 9.21. The number of hydrogen-bond acceptors (Lipinski definition) is 2. The molecule has 0 unspecified atom stereocenters. The lowest BCUT2D eigenvalue weighted by Crippen LogP contribution is -1.95. The van der Waals surface area contributed by atoms with Crippen LogP contribution >= 0.6 is 46.4 Å². The molecule has 2 nitrogen and oxygen atoms in total. The van der Waals surface area contributed by atoms with Crippen molar-refractivity contribution in [1.82, 2.24) is 4.98 Å². The van der Waals surface area contributed by atoms with Crippen molar-refractivity contribution >= 4 is 52.1 Å². The third kappa shape index (κ3) is 3.41. The van der Waals surface area contributed by atoms with Crippen molar-refractivity contribution in [3.05, 3.63) is 68.8 Å². The van der Waals surface area contributed by atoms with Crippen LogP contribution in [-0.2, 0) is 0 Å². The van der Waals surface area contributed by atoms with Crippen molar-refractivity contribution in [3.63, 3.8) is 0 Å². The predicted octanol–water partition coefficient (Wildman–Crippen LogP) is 6.61. The summed E-state index contributed by atoms with van der Waals surface area (Å²) < 4.78 is 0. The van der Waals surface area contributed by atoms with Crippen LogP contribution in [0.5, 0.6) is 0 Å². The van der Waals surface area contributed by atoms with Gasteiger partial charge in [-0.15, -0.1) is 0 Å². The number of halogens is 4. The van der Waals surface area contributed by atoms with Crippen LogP contribution in [0, 0.1) is 0 Å². The van der Waals surface area contributed by atoms with Gasteiger partial charge in [0, 0.05) is 31.8 Å². The number of rotatable bonds is 2. The Bertz CT molecular complexity index is 894. The first-order valence-electron chi connectivity index (χ1n) is 6.62. The molecule has 0 radical (unpaired) electrons. The molecule has 2 aromatic carbocycles. The third-order valence-corrected chi connectivity index (χ3v) is 4.44. The molecule has 0 atom stereocenters. The van der Waals surface area contributed by atoms with E-state index in [0.29, 0.717) is 37.0 Å². The highest BCUT2D eigenvalue weighted by Crippen LogP contribution is 2.40. The predicted molar refractivity (Wildman–Crippen MR) is 99.6 cm³/mol. The molecular weight excluding hydrogens is 374 g/mol. The smallest absolute Gasteiger partial charge is 0.0797 e. The Morgan fingerprint density at radius 3 is 1.91 bits per heavy atom. The largest absolute Gasteiger partial charge is 0.397 e. The maximum Gasteiger partial charge on any atom is 0.0797 e. The van der Waals surface area contributed by atoms with E-state index in [4.69, 9.17) is 52.1 Å². The van der Waals surface area contributed by atoms with Gasteiger partial charge < -0.3 is 5.73 Å². The molecule has 0 saturated heterocycles. The van der Waals surface area contributed by atoms with Gasteiger partial charge in [-0.05, 0) is 42.5 Å². The summed E-state index contributed by atoms with van der Waals surface area (Å²) in [6.07, 6.45) is 1.56. The number of aromatic nitrogens is 1. The molecule has 1 aromatic heterocycles. The summed E-state index contributed by atoms with van der Waals surface area (Å²) in [6.45, 7) is 0. The topological polar surface area (TPSA) is 38.9 Å². The van der Waals surface area contributed by atoms with Crippen LogP contribution in [-0.4, -0.2) is 4.98 Å². The van der Waals surface area contributed by atoms with Gasteiger partial charge in [0.05, 0.1) is 22.6 Å². The highest BCUT2D eigenvalue weighted by atomic mass is 35.5. The number of benzene rings is 2. The molecule has 0 aliphatic heterocycles. The van der Waals surface area contributed by atoms with Gasteiger partial charge >= 0.3 is 0 Å². The molecule has 3 aromatic rings. The molecule has 0 spiro atoms. The van der Waals surface area contributed by atoms with Crippen molar-refractivity contribution in [2.24, 2.45) is 0 Å². The van der Waals surface area contributed by atoms with Crippen LogP contribution in [0.1, 0.15) is 0 Å². The molecule has 1 heterocycles. The minimum atomic E-state index is 0.512. The number of anilines is 1. The van der Waals surface area contributed by atoms with Crippen LogP contribution in [0.4, 0.5) is 5.69 Å². The second kappa shape index (κ2) is 6.58. The molecule has 2 N–H and O–H groups in total. The van der Waals surface area contributed by atoms with Crippen molar-refractivity contribution in [2.75, 3.05) is 5.73 Å². The molecule has 23 heavy (non-hydrogen) atoms. The Kier molecular flexibility index (Phi) is 4.69. The molecule has 6 heteroatoms. The lowest BCUT2D eigenvalue weighted by atomic mass is 9.99. The fraction of sp³-hybridized carbons (Fsp3) is 0. The van der Waals surface area contributed by atoms with Crippen molar-refractivity contribution in [1.29, 1.82) is 0 Å². The summed E-state index contributed by atoms with van der Waals surface area (Å²) >= 11 is 24.8. The number of nitrogens with zero attached hydrogens (tertiary/aromatic N) is 1. The van der Waals surface area contributed by atoms with Gasteiger partial charge in [0.1, 0.15) is 0 Å². The molecule has 0 fully saturated rings. The van der Waals surface area contributed by atoms with E-state index < -0.39 is 0 Å². The second-order valence-electron chi connectivity index (χ2n) is 4.91. The fourth-order valence-electron chi connectivity index (χ4n) is 2.28. The summed E-state index contributed by atoms with van der Waals surface area (Å²) in [5, 5.41) is 2.20. The van der Waals surface area contributed by atoms with Crippen LogP contribution < -0.4 is 5.73 Å². The van der Waals surface area contributed by atoms with E-state index in [1.54, 1.807) is 48.7 Å². The zero-order valence-electron chi connectivity index (χ0n) is 11.7. The Labute approximate surface area is 153 Å². The Morgan fingerprint density at radius 2 is 1.26 bits per heavy atom. The van der Waals surface area contributed by atoms with Crippen LogP contribution in [0.25, 0.3) is 22.4 Å². The van der Waals surface area contributed by atoms with E-state index in [1.807, 2.05) is 0 Å². The van der Waals surface area contributed by atoms with E-state index in [9.17, 15) is 0 Å². The normalized spacial score (nSPS) is 10.8. The molecule has 0 amide bonds. The van der Waals surface area contributed by atoms with Gasteiger partial charge in [0.15, 0.2) is 0 Å². The number of pyridine rings is 1. The fourth-order valence-corrected chi connectivity index (χ4v) is 3.05. The highest BCUT2D eigenvalue weighted by Gasteiger charge is 2.15. The zero-order chi connectivity index (χ0) is 16.6. The summed E-state index contributed by atoms with van der Waals surface area (Å²) in [7, 11) is 0. The van der Waals surface area contributed by atoms with Gasteiger partial charge in [0.2, 0.25) is 0 Å². The molecule has 116 valence electrons. The Hall–Kier alpha value is -1.45. The number of nitrogen functional groups attached to an aromatic ring is 1. The van der Waals surface area contributed by atoms with Crippen molar-refractivity contribution in [2.45, 2.75) is 0 Å². The van der Waals surface area contributed by atoms with Gasteiger partial charge in [-0.25, -0.2) is 0 Å². The molecule has 0 aliphatic carbocycles. The van der Waals surface area contributed by atoms with Gasteiger partial charge in [-0.3, -0.25) is 4.98 Å².